The zero-order valence-electron chi connectivity index (χ0n) is 12.5. The van der Waals surface area contributed by atoms with Crippen LogP contribution in [-0.2, 0) is 15.7 Å². The van der Waals surface area contributed by atoms with Crippen LogP contribution in [0.3, 0.4) is 0 Å². The van der Waals surface area contributed by atoms with E-state index in [2.05, 4.69) is 0 Å². The lowest BCUT2D eigenvalue weighted by atomic mass is 10.0. The van der Waals surface area contributed by atoms with Gasteiger partial charge in [-0.2, -0.15) is 13.2 Å². The molecule has 4 nitrogen and oxygen atoms in total. The zero-order chi connectivity index (χ0) is 16.4. The van der Waals surface area contributed by atoms with Gasteiger partial charge in [0, 0.05) is 19.7 Å². The Morgan fingerprint density at radius 2 is 1.87 bits per heavy atom. The van der Waals surface area contributed by atoms with Gasteiger partial charge in [0.1, 0.15) is 6.10 Å². The van der Waals surface area contributed by atoms with E-state index in [9.17, 15) is 18.0 Å². The summed E-state index contributed by atoms with van der Waals surface area (Å²) in [7, 11) is 0. The van der Waals surface area contributed by atoms with E-state index in [1.54, 1.807) is 0 Å². The lowest BCUT2D eigenvalue weighted by Gasteiger charge is -2.35. The maximum absolute atomic E-state index is 13.1. The predicted molar refractivity (Wildman–Crippen MR) is 76.1 cm³/mol. The van der Waals surface area contributed by atoms with Crippen molar-refractivity contribution < 1.29 is 27.4 Å². The van der Waals surface area contributed by atoms with Crippen molar-refractivity contribution in [1.82, 2.24) is 4.90 Å². The summed E-state index contributed by atoms with van der Waals surface area (Å²) in [5.74, 6) is -0.607. The molecule has 2 saturated heterocycles. The average Bonchev–Trinajstić information content (AvgIpc) is 3.08. The minimum absolute atomic E-state index is 0.0801. The molecule has 23 heavy (non-hydrogen) atoms. The van der Waals surface area contributed by atoms with Crippen molar-refractivity contribution in [2.45, 2.75) is 31.2 Å². The van der Waals surface area contributed by atoms with Crippen molar-refractivity contribution >= 4 is 5.91 Å². The molecule has 1 aromatic carbocycles. The van der Waals surface area contributed by atoms with E-state index >= 15 is 0 Å². The van der Waals surface area contributed by atoms with Gasteiger partial charge in [-0.25, -0.2) is 0 Å². The summed E-state index contributed by atoms with van der Waals surface area (Å²) >= 11 is 0. The molecule has 126 valence electrons. The van der Waals surface area contributed by atoms with Crippen LogP contribution in [0.1, 0.15) is 28.8 Å². The smallest absolute Gasteiger partial charge is 0.375 e. The molecule has 0 aromatic heterocycles. The van der Waals surface area contributed by atoms with E-state index in [4.69, 9.17) is 9.47 Å². The minimum Gasteiger partial charge on any atom is -0.375 e. The second-order valence-electron chi connectivity index (χ2n) is 5.76. The van der Waals surface area contributed by atoms with Gasteiger partial charge in [-0.15, -0.1) is 0 Å². The number of nitrogens with zero attached hydrogens (tertiary/aromatic N) is 1. The summed E-state index contributed by atoms with van der Waals surface area (Å²) in [6.45, 7) is 1.52. The summed E-state index contributed by atoms with van der Waals surface area (Å²) in [5, 5.41) is 0. The number of benzene rings is 1. The van der Waals surface area contributed by atoms with E-state index in [0.717, 1.165) is 18.9 Å². The quantitative estimate of drug-likeness (QED) is 0.837. The van der Waals surface area contributed by atoms with Gasteiger partial charge in [0.25, 0.3) is 5.91 Å². The first-order chi connectivity index (χ1) is 11.0. The van der Waals surface area contributed by atoms with Crippen molar-refractivity contribution in [2.24, 2.45) is 0 Å². The lowest BCUT2D eigenvalue weighted by molar-refractivity contribution is -0.138. The Balaban J connectivity index is 1.77. The Bertz CT molecular complexity index is 570. The molecular formula is C16H18F3NO3. The summed E-state index contributed by atoms with van der Waals surface area (Å²) in [5.41, 5.74) is -1.21. The molecule has 1 aromatic rings. The first kappa shape index (κ1) is 16.3. The molecule has 0 radical (unpaired) electrons. The highest BCUT2D eigenvalue weighted by Gasteiger charge is 2.38. The first-order valence-corrected chi connectivity index (χ1v) is 7.65. The van der Waals surface area contributed by atoms with Crippen LogP contribution in [-0.4, -0.2) is 49.3 Å². The van der Waals surface area contributed by atoms with Crippen molar-refractivity contribution in [2.75, 3.05) is 26.3 Å². The topological polar surface area (TPSA) is 38.8 Å². The monoisotopic (exact) mass is 329 g/mol. The number of halogens is 3. The number of amides is 1. The molecule has 2 heterocycles. The molecule has 0 unspecified atom stereocenters. The van der Waals surface area contributed by atoms with Crippen LogP contribution in [0.25, 0.3) is 0 Å². The molecule has 0 saturated carbocycles. The van der Waals surface area contributed by atoms with Crippen LogP contribution in [0.15, 0.2) is 24.3 Å². The zero-order valence-corrected chi connectivity index (χ0v) is 12.5. The van der Waals surface area contributed by atoms with E-state index in [1.807, 2.05) is 0 Å². The molecule has 2 aliphatic rings. The van der Waals surface area contributed by atoms with Crippen molar-refractivity contribution in [3.05, 3.63) is 35.4 Å². The highest BCUT2D eigenvalue weighted by molar-refractivity contribution is 5.96. The van der Waals surface area contributed by atoms with Crippen LogP contribution in [0, 0.1) is 0 Å². The number of hydrogen-bond donors (Lipinski definition) is 0. The van der Waals surface area contributed by atoms with Crippen LogP contribution < -0.4 is 0 Å². The Kier molecular flexibility index (Phi) is 4.59. The van der Waals surface area contributed by atoms with Crippen LogP contribution in [0.2, 0.25) is 0 Å². The molecule has 2 aliphatic heterocycles. The van der Waals surface area contributed by atoms with Crippen LogP contribution >= 0.6 is 0 Å². The van der Waals surface area contributed by atoms with Gasteiger partial charge in [0.05, 0.1) is 23.8 Å². The van der Waals surface area contributed by atoms with Gasteiger partial charge in [0.15, 0.2) is 0 Å². The SMILES string of the molecule is O=C(c1ccccc1C(F)(F)F)N1CCO[C@H]([C@@H]2CCCO2)C1. The Hall–Kier alpha value is -1.60. The van der Waals surface area contributed by atoms with Crippen molar-refractivity contribution in [3.8, 4) is 0 Å². The van der Waals surface area contributed by atoms with E-state index in [0.29, 0.717) is 13.2 Å². The van der Waals surface area contributed by atoms with Crippen LogP contribution in [0.4, 0.5) is 13.2 Å². The molecule has 0 N–H and O–H groups in total. The molecule has 0 bridgehead atoms. The molecule has 1 amide bonds. The molecule has 7 heteroatoms. The maximum Gasteiger partial charge on any atom is 0.417 e. The Morgan fingerprint density at radius 1 is 1.13 bits per heavy atom. The number of hydrogen-bond acceptors (Lipinski definition) is 3. The normalized spacial score (nSPS) is 25.6. The number of carbonyl (C=O) groups is 1. The summed E-state index contributed by atoms with van der Waals surface area (Å²) in [6, 6.07) is 4.89. The standard InChI is InChI=1S/C16H18F3NO3/c17-16(18,19)12-5-2-1-4-11(12)15(21)20-7-9-23-14(10-20)13-6-3-8-22-13/h1-2,4-5,13-14H,3,6-10H2/t13-,14-/m0/s1. The van der Waals surface area contributed by atoms with Crippen molar-refractivity contribution in [1.29, 1.82) is 0 Å². The number of alkyl halides is 3. The van der Waals surface area contributed by atoms with Gasteiger partial charge in [0.2, 0.25) is 0 Å². The third-order valence-corrected chi connectivity index (χ3v) is 4.22. The molecule has 0 spiro atoms. The number of ether oxygens (including phenoxy) is 2. The summed E-state index contributed by atoms with van der Waals surface area (Å²) in [6.07, 6.45) is -3.11. The average molecular weight is 329 g/mol. The third-order valence-electron chi connectivity index (χ3n) is 4.22. The van der Waals surface area contributed by atoms with Gasteiger partial charge in [-0.3, -0.25) is 4.79 Å². The highest BCUT2D eigenvalue weighted by Crippen LogP contribution is 2.32. The van der Waals surface area contributed by atoms with Gasteiger partial charge in [-0.1, -0.05) is 12.1 Å². The second kappa shape index (κ2) is 6.49. The van der Waals surface area contributed by atoms with Gasteiger partial charge in [-0.05, 0) is 25.0 Å². The fraction of sp³-hybridized carbons (Fsp3) is 0.562. The van der Waals surface area contributed by atoms with Crippen molar-refractivity contribution in [3.63, 3.8) is 0 Å². The number of morpholine rings is 1. The number of carbonyl (C=O) groups excluding carboxylic acids is 1. The summed E-state index contributed by atoms with van der Waals surface area (Å²) in [4.78, 5) is 14.0. The molecule has 0 aliphatic carbocycles. The minimum atomic E-state index is -4.55. The Morgan fingerprint density at radius 3 is 2.57 bits per heavy atom. The largest absolute Gasteiger partial charge is 0.417 e. The molecular weight excluding hydrogens is 311 g/mol. The van der Waals surface area contributed by atoms with E-state index < -0.39 is 17.6 Å². The maximum atomic E-state index is 13.1. The predicted octanol–water partition coefficient (Wildman–Crippen LogP) is 2.73. The van der Waals surface area contributed by atoms with E-state index in [-0.39, 0.29) is 30.9 Å². The fourth-order valence-electron chi connectivity index (χ4n) is 3.07. The second-order valence-corrected chi connectivity index (χ2v) is 5.76. The van der Waals surface area contributed by atoms with Crippen LogP contribution in [0.5, 0.6) is 0 Å². The highest BCUT2D eigenvalue weighted by atomic mass is 19.4. The number of rotatable bonds is 2. The first-order valence-electron chi connectivity index (χ1n) is 7.65. The van der Waals surface area contributed by atoms with E-state index in [1.165, 1.54) is 23.1 Å². The Labute approximate surface area is 132 Å². The molecule has 2 atom stereocenters. The third kappa shape index (κ3) is 3.50. The lowest BCUT2D eigenvalue weighted by Crippen LogP contribution is -2.50. The molecule has 2 fully saturated rings. The van der Waals surface area contributed by atoms with Gasteiger partial charge >= 0.3 is 6.18 Å². The molecule has 3 rings (SSSR count). The fourth-order valence-corrected chi connectivity index (χ4v) is 3.07. The summed E-state index contributed by atoms with van der Waals surface area (Å²) < 4.78 is 50.4. The van der Waals surface area contributed by atoms with Gasteiger partial charge < -0.3 is 14.4 Å².